The summed E-state index contributed by atoms with van der Waals surface area (Å²) in [6.07, 6.45) is 0. The molecule has 76 valence electrons. The molecule has 0 spiro atoms. The molecule has 2 rings (SSSR count). The SMILES string of the molecule is CC.Cc1c(F)sc2c(F)cccc12. The van der Waals surface area contributed by atoms with Gasteiger partial charge in [0.15, 0.2) is 5.13 Å². The van der Waals surface area contributed by atoms with Crippen molar-refractivity contribution in [3.05, 3.63) is 34.7 Å². The van der Waals surface area contributed by atoms with Crippen LogP contribution in [0, 0.1) is 17.9 Å². The predicted molar refractivity (Wildman–Crippen MR) is 57.8 cm³/mol. The zero-order chi connectivity index (χ0) is 10.7. The van der Waals surface area contributed by atoms with Crippen molar-refractivity contribution in [2.45, 2.75) is 20.8 Å². The van der Waals surface area contributed by atoms with E-state index in [-0.39, 0.29) is 10.9 Å². The van der Waals surface area contributed by atoms with Crippen molar-refractivity contribution in [1.29, 1.82) is 0 Å². The Morgan fingerprint density at radius 2 is 1.79 bits per heavy atom. The molecule has 0 atom stereocenters. The molecule has 2 aromatic rings. The smallest absolute Gasteiger partial charge is 0.180 e. The third kappa shape index (κ3) is 1.77. The summed E-state index contributed by atoms with van der Waals surface area (Å²) in [5, 5.41) is 0.382. The van der Waals surface area contributed by atoms with Crippen LogP contribution in [0.4, 0.5) is 8.78 Å². The molecular weight excluding hydrogens is 202 g/mol. The van der Waals surface area contributed by atoms with Gasteiger partial charge in [-0.05, 0) is 13.0 Å². The summed E-state index contributed by atoms with van der Waals surface area (Å²) in [4.78, 5) is 0. The van der Waals surface area contributed by atoms with Gasteiger partial charge in [0.2, 0.25) is 0 Å². The van der Waals surface area contributed by atoms with E-state index >= 15 is 0 Å². The fourth-order valence-corrected chi connectivity index (χ4v) is 2.12. The van der Waals surface area contributed by atoms with E-state index in [4.69, 9.17) is 0 Å². The molecule has 0 aliphatic heterocycles. The van der Waals surface area contributed by atoms with Crippen molar-refractivity contribution in [3.63, 3.8) is 0 Å². The Kier molecular flexibility index (Phi) is 3.58. The summed E-state index contributed by atoms with van der Waals surface area (Å²) in [6, 6.07) is 4.67. The van der Waals surface area contributed by atoms with Crippen molar-refractivity contribution in [2.24, 2.45) is 0 Å². The lowest BCUT2D eigenvalue weighted by molar-refractivity contribution is 0.641. The molecule has 0 N–H and O–H groups in total. The summed E-state index contributed by atoms with van der Waals surface area (Å²) < 4.78 is 26.4. The fourth-order valence-electron chi connectivity index (χ4n) is 1.18. The molecule has 0 amide bonds. The minimum absolute atomic E-state index is 0.296. The zero-order valence-corrected chi connectivity index (χ0v) is 9.21. The molecule has 0 aliphatic carbocycles. The molecule has 1 heterocycles. The first-order valence-electron chi connectivity index (χ1n) is 4.53. The molecule has 0 saturated heterocycles. The first kappa shape index (κ1) is 11.1. The van der Waals surface area contributed by atoms with Gasteiger partial charge >= 0.3 is 0 Å². The Morgan fingerprint density at radius 1 is 1.14 bits per heavy atom. The van der Waals surface area contributed by atoms with Crippen LogP contribution in [-0.4, -0.2) is 0 Å². The van der Waals surface area contributed by atoms with E-state index in [0.717, 1.165) is 11.3 Å². The highest BCUT2D eigenvalue weighted by Crippen LogP contribution is 2.30. The first-order chi connectivity index (χ1) is 6.70. The summed E-state index contributed by atoms with van der Waals surface area (Å²) in [6.45, 7) is 5.66. The van der Waals surface area contributed by atoms with Crippen molar-refractivity contribution in [2.75, 3.05) is 0 Å². The number of aryl methyl sites for hydroxylation is 1. The Balaban J connectivity index is 0.000000461. The molecule has 3 heteroatoms. The van der Waals surface area contributed by atoms with Gasteiger partial charge in [0.1, 0.15) is 5.82 Å². The predicted octanol–water partition coefficient (Wildman–Crippen LogP) is 4.51. The van der Waals surface area contributed by atoms with Crippen molar-refractivity contribution < 1.29 is 8.78 Å². The fraction of sp³-hybridized carbons (Fsp3) is 0.273. The van der Waals surface area contributed by atoms with Crippen LogP contribution >= 0.6 is 11.3 Å². The molecule has 0 unspecified atom stereocenters. The lowest BCUT2D eigenvalue weighted by atomic mass is 10.2. The van der Waals surface area contributed by atoms with Crippen LogP contribution in [0.1, 0.15) is 19.4 Å². The average Bonchev–Trinajstić information content (AvgIpc) is 2.50. The quantitative estimate of drug-likeness (QED) is 0.605. The van der Waals surface area contributed by atoms with E-state index < -0.39 is 0 Å². The largest absolute Gasteiger partial charge is 0.205 e. The lowest BCUT2D eigenvalue weighted by Crippen LogP contribution is -1.73. The molecule has 1 aromatic heterocycles. The van der Waals surface area contributed by atoms with Crippen LogP contribution in [0.25, 0.3) is 10.1 Å². The van der Waals surface area contributed by atoms with Crippen LogP contribution in [0.2, 0.25) is 0 Å². The minimum atomic E-state index is -0.343. The molecule has 0 aliphatic rings. The zero-order valence-electron chi connectivity index (χ0n) is 8.40. The lowest BCUT2D eigenvalue weighted by Gasteiger charge is -1.90. The van der Waals surface area contributed by atoms with E-state index in [1.165, 1.54) is 6.07 Å². The third-order valence-corrected chi connectivity index (χ3v) is 2.96. The molecule has 14 heavy (non-hydrogen) atoms. The first-order valence-corrected chi connectivity index (χ1v) is 5.35. The molecular formula is C11H12F2S. The van der Waals surface area contributed by atoms with Gasteiger partial charge in [-0.1, -0.05) is 26.0 Å². The highest BCUT2D eigenvalue weighted by atomic mass is 32.1. The molecule has 0 saturated carbocycles. The van der Waals surface area contributed by atoms with Crippen molar-refractivity contribution in [3.8, 4) is 0 Å². The number of benzene rings is 1. The summed E-state index contributed by atoms with van der Waals surface area (Å²) in [7, 11) is 0. The number of thiophene rings is 1. The van der Waals surface area contributed by atoms with E-state index in [1.54, 1.807) is 19.1 Å². The van der Waals surface area contributed by atoms with Crippen LogP contribution in [0.3, 0.4) is 0 Å². The van der Waals surface area contributed by atoms with E-state index in [0.29, 0.717) is 15.6 Å². The number of rotatable bonds is 0. The minimum Gasteiger partial charge on any atom is -0.205 e. The van der Waals surface area contributed by atoms with Gasteiger partial charge in [-0.15, -0.1) is 11.3 Å². The van der Waals surface area contributed by atoms with Crippen molar-refractivity contribution in [1.82, 2.24) is 0 Å². The Bertz CT molecular complexity index is 432. The second-order valence-corrected chi connectivity index (χ2v) is 3.59. The van der Waals surface area contributed by atoms with E-state index in [9.17, 15) is 8.78 Å². The maximum atomic E-state index is 13.0. The number of halogens is 2. The Hall–Kier alpha value is -0.960. The van der Waals surface area contributed by atoms with Gasteiger partial charge in [0.05, 0.1) is 4.70 Å². The summed E-state index contributed by atoms with van der Waals surface area (Å²) >= 11 is 0.864. The summed E-state index contributed by atoms with van der Waals surface area (Å²) in [5.41, 5.74) is 0.537. The number of hydrogen-bond acceptors (Lipinski definition) is 1. The highest BCUT2D eigenvalue weighted by Gasteiger charge is 2.09. The van der Waals surface area contributed by atoms with Crippen LogP contribution in [0.15, 0.2) is 18.2 Å². The molecule has 0 bridgehead atoms. The second kappa shape index (κ2) is 4.51. The number of hydrogen-bond donors (Lipinski definition) is 0. The topological polar surface area (TPSA) is 0 Å². The molecule has 0 fully saturated rings. The van der Waals surface area contributed by atoms with Crippen LogP contribution in [-0.2, 0) is 0 Å². The van der Waals surface area contributed by atoms with Gasteiger partial charge in [-0.2, -0.15) is 4.39 Å². The second-order valence-electron chi connectivity index (χ2n) is 2.62. The van der Waals surface area contributed by atoms with Gasteiger partial charge in [-0.3, -0.25) is 0 Å². The summed E-state index contributed by atoms with van der Waals surface area (Å²) in [5.74, 6) is -0.343. The Labute approximate surface area is 86.2 Å². The maximum absolute atomic E-state index is 13.0. The van der Waals surface area contributed by atoms with Gasteiger partial charge in [-0.25, -0.2) is 4.39 Å². The van der Waals surface area contributed by atoms with Gasteiger partial charge in [0.25, 0.3) is 0 Å². The van der Waals surface area contributed by atoms with E-state index in [1.807, 2.05) is 13.8 Å². The van der Waals surface area contributed by atoms with Gasteiger partial charge < -0.3 is 0 Å². The maximum Gasteiger partial charge on any atom is 0.180 e. The Morgan fingerprint density at radius 3 is 2.36 bits per heavy atom. The molecule has 0 nitrogen and oxygen atoms in total. The van der Waals surface area contributed by atoms with Crippen molar-refractivity contribution >= 4 is 21.4 Å². The molecule has 0 radical (unpaired) electrons. The van der Waals surface area contributed by atoms with E-state index in [2.05, 4.69) is 0 Å². The highest BCUT2D eigenvalue weighted by molar-refractivity contribution is 7.17. The van der Waals surface area contributed by atoms with Crippen LogP contribution < -0.4 is 0 Å². The number of fused-ring (bicyclic) bond motifs is 1. The third-order valence-electron chi connectivity index (χ3n) is 1.86. The van der Waals surface area contributed by atoms with Gasteiger partial charge in [0, 0.05) is 10.9 Å². The normalized spacial score (nSPS) is 9.79. The molecule has 1 aromatic carbocycles. The monoisotopic (exact) mass is 214 g/mol. The van der Waals surface area contributed by atoms with Crippen LogP contribution in [0.5, 0.6) is 0 Å². The average molecular weight is 214 g/mol. The standard InChI is InChI=1S/C9H6F2S.C2H6/c1-5-6-3-2-4-7(10)8(6)12-9(5)11;1-2/h2-4H,1H3;1-2H3.